The number of nitro benzene ring substituents is 1. The number of hydrogen-bond donors (Lipinski definition) is 0. The zero-order valence-electron chi connectivity index (χ0n) is 17.1. The van der Waals surface area contributed by atoms with E-state index in [9.17, 15) is 24.1 Å². The molecule has 4 rings (SSSR count). The summed E-state index contributed by atoms with van der Waals surface area (Å²) in [7, 11) is 0. The number of nitrogens with zero attached hydrogens (tertiary/aromatic N) is 2. The average molecular weight is 464 g/mol. The second kappa shape index (κ2) is 9.66. The Bertz CT molecular complexity index is 1230. The normalized spacial score (nSPS) is 14.7. The molecular formula is C24H17FN2O5S. The number of rotatable bonds is 7. The van der Waals surface area contributed by atoms with Gasteiger partial charge >= 0.3 is 0 Å². The van der Waals surface area contributed by atoms with Crippen molar-refractivity contribution in [3.05, 3.63) is 110 Å². The molecule has 1 saturated heterocycles. The number of imide groups is 1. The second-order valence-electron chi connectivity index (χ2n) is 7.18. The number of halogens is 1. The van der Waals surface area contributed by atoms with Crippen LogP contribution in [0.25, 0.3) is 6.08 Å². The smallest absolute Gasteiger partial charge is 0.293 e. The van der Waals surface area contributed by atoms with Gasteiger partial charge in [-0.1, -0.05) is 36.4 Å². The molecule has 3 aromatic carbocycles. The standard InChI is InChI=1S/C24H17FN2O5S/c25-19-7-1-18(2-8-19)15-32-21-11-5-16(6-12-21)13-22-23(28)26(24(29)33-22)14-17-3-9-20(10-4-17)27(30)31/h1-13H,14-15H2. The molecule has 7 nitrogen and oxygen atoms in total. The maximum absolute atomic E-state index is 13.0. The molecule has 1 aliphatic rings. The van der Waals surface area contributed by atoms with Crippen LogP contribution < -0.4 is 4.74 Å². The van der Waals surface area contributed by atoms with E-state index in [0.29, 0.717) is 22.8 Å². The summed E-state index contributed by atoms with van der Waals surface area (Å²) in [6, 6.07) is 18.8. The van der Waals surface area contributed by atoms with Crippen LogP contribution in [0.15, 0.2) is 77.7 Å². The monoisotopic (exact) mass is 464 g/mol. The summed E-state index contributed by atoms with van der Waals surface area (Å²) in [5.74, 6) is -0.108. The van der Waals surface area contributed by atoms with Crippen LogP contribution in [0.3, 0.4) is 0 Å². The maximum atomic E-state index is 13.0. The summed E-state index contributed by atoms with van der Waals surface area (Å²) in [6.45, 7) is 0.331. The topological polar surface area (TPSA) is 89.8 Å². The molecule has 0 aliphatic carbocycles. The first-order valence-corrected chi connectivity index (χ1v) is 10.7. The van der Waals surface area contributed by atoms with Crippen molar-refractivity contribution in [3.8, 4) is 5.75 Å². The largest absolute Gasteiger partial charge is 0.489 e. The first kappa shape index (κ1) is 22.2. The van der Waals surface area contributed by atoms with Gasteiger partial charge in [-0.15, -0.1) is 0 Å². The summed E-state index contributed by atoms with van der Waals surface area (Å²) in [5, 5.41) is 10.4. The van der Waals surface area contributed by atoms with Crippen molar-refractivity contribution >= 4 is 34.7 Å². The highest BCUT2D eigenvalue weighted by atomic mass is 32.2. The highest BCUT2D eigenvalue weighted by Crippen LogP contribution is 2.33. The highest BCUT2D eigenvalue weighted by molar-refractivity contribution is 8.18. The quantitative estimate of drug-likeness (QED) is 0.259. The third-order valence-corrected chi connectivity index (χ3v) is 5.77. The Balaban J connectivity index is 1.39. The fourth-order valence-electron chi connectivity index (χ4n) is 3.10. The first-order valence-electron chi connectivity index (χ1n) is 9.85. The van der Waals surface area contributed by atoms with Crippen molar-refractivity contribution in [2.24, 2.45) is 0 Å². The van der Waals surface area contributed by atoms with Crippen molar-refractivity contribution in [2.75, 3.05) is 0 Å². The van der Waals surface area contributed by atoms with Crippen LogP contribution in [-0.2, 0) is 17.9 Å². The van der Waals surface area contributed by atoms with Crippen molar-refractivity contribution in [2.45, 2.75) is 13.2 Å². The van der Waals surface area contributed by atoms with E-state index in [2.05, 4.69) is 0 Å². The van der Waals surface area contributed by atoms with Gasteiger partial charge in [0.2, 0.25) is 0 Å². The van der Waals surface area contributed by atoms with Gasteiger partial charge in [-0.2, -0.15) is 0 Å². The predicted octanol–water partition coefficient (Wildman–Crippen LogP) is 5.55. The summed E-state index contributed by atoms with van der Waals surface area (Å²) in [4.78, 5) is 36.7. The number of nitro groups is 1. The molecule has 33 heavy (non-hydrogen) atoms. The fraction of sp³-hybridized carbons (Fsp3) is 0.0833. The van der Waals surface area contributed by atoms with Gasteiger partial charge in [0, 0.05) is 12.1 Å². The lowest BCUT2D eigenvalue weighted by molar-refractivity contribution is -0.384. The molecule has 0 N–H and O–H groups in total. The average Bonchev–Trinajstić information content (AvgIpc) is 3.07. The SMILES string of the molecule is O=C1SC(=Cc2ccc(OCc3ccc(F)cc3)cc2)C(=O)N1Cc1ccc([N+](=O)[O-])cc1. The third kappa shape index (κ3) is 5.45. The molecule has 166 valence electrons. The Morgan fingerprint density at radius 2 is 1.58 bits per heavy atom. The molecule has 0 spiro atoms. The number of non-ortho nitro benzene ring substituents is 1. The molecule has 0 aromatic heterocycles. The summed E-state index contributed by atoms with van der Waals surface area (Å²) in [5.41, 5.74) is 2.12. The van der Waals surface area contributed by atoms with Crippen molar-refractivity contribution in [1.82, 2.24) is 4.90 Å². The lowest BCUT2D eigenvalue weighted by atomic mass is 10.2. The Kier molecular flexibility index (Phi) is 6.50. The summed E-state index contributed by atoms with van der Waals surface area (Å²) < 4.78 is 18.7. The van der Waals surface area contributed by atoms with Gasteiger partial charge in [0.1, 0.15) is 18.2 Å². The number of benzene rings is 3. The molecule has 9 heteroatoms. The van der Waals surface area contributed by atoms with Crippen LogP contribution in [0.2, 0.25) is 0 Å². The molecule has 0 atom stereocenters. The first-order chi connectivity index (χ1) is 15.9. The molecule has 1 fully saturated rings. The van der Waals surface area contributed by atoms with E-state index in [-0.39, 0.29) is 18.0 Å². The number of ether oxygens (including phenoxy) is 1. The molecule has 1 heterocycles. The Labute approximate surface area is 192 Å². The van der Waals surface area contributed by atoms with E-state index in [4.69, 9.17) is 4.74 Å². The number of thioether (sulfide) groups is 1. The van der Waals surface area contributed by atoms with Crippen molar-refractivity contribution in [3.63, 3.8) is 0 Å². The Morgan fingerprint density at radius 1 is 0.939 bits per heavy atom. The van der Waals surface area contributed by atoms with Crippen LogP contribution in [-0.4, -0.2) is 21.0 Å². The molecule has 3 aromatic rings. The zero-order valence-corrected chi connectivity index (χ0v) is 18.0. The maximum Gasteiger partial charge on any atom is 0.293 e. The van der Waals surface area contributed by atoms with E-state index in [0.717, 1.165) is 27.8 Å². The second-order valence-corrected chi connectivity index (χ2v) is 8.17. The minimum atomic E-state index is -0.508. The minimum absolute atomic E-state index is 0.0379. The van der Waals surface area contributed by atoms with E-state index in [1.54, 1.807) is 42.5 Å². The van der Waals surface area contributed by atoms with Crippen molar-refractivity contribution in [1.29, 1.82) is 0 Å². The van der Waals surface area contributed by atoms with Gasteiger partial charge in [0.05, 0.1) is 16.4 Å². The Hall–Kier alpha value is -3.98. The molecular weight excluding hydrogens is 447 g/mol. The number of carbonyl (C=O) groups excluding carboxylic acids is 2. The lowest BCUT2D eigenvalue weighted by Gasteiger charge is -2.12. The zero-order chi connectivity index (χ0) is 23.4. The van der Waals surface area contributed by atoms with Gasteiger partial charge in [0.25, 0.3) is 16.8 Å². The molecule has 0 radical (unpaired) electrons. The van der Waals surface area contributed by atoms with Crippen LogP contribution in [0.5, 0.6) is 5.75 Å². The number of carbonyl (C=O) groups is 2. The number of hydrogen-bond acceptors (Lipinski definition) is 6. The van der Waals surface area contributed by atoms with E-state index < -0.39 is 16.1 Å². The Morgan fingerprint density at radius 3 is 2.21 bits per heavy atom. The molecule has 1 aliphatic heterocycles. The van der Waals surface area contributed by atoms with Crippen LogP contribution >= 0.6 is 11.8 Å². The fourth-order valence-corrected chi connectivity index (χ4v) is 3.94. The van der Waals surface area contributed by atoms with Crippen LogP contribution in [0, 0.1) is 15.9 Å². The predicted molar refractivity (Wildman–Crippen MR) is 122 cm³/mol. The van der Waals surface area contributed by atoms with Crippen LogP contribution in [0.1, 0.15) is 16.7 Å². The highest BCUT2D eigenvalue weighted by Gasteiger charge is 2.35. The summed E-state index contributed by atoms with van der Waals surface area (Å²) >= 11 is 0.845. The van der Waals surface area contributed by atoms with Gasteiger partial charge in [-0.3, -0.25) is 24.6 Å². The van der Waals surface area contributed by atoms with Gasteiger partial charge < -0.3 is 4.74 Å². The molecule has 2 amide bonds. The van der Waals surface area contributed by atoms with Crippen molar-refractivity contribution < 1.29 is 23.6 Å². The van der Waals surface area contributed by atoms with E-state index in [1.165, 1.54) is 36.4 Å². The van der Waals surface area contributed by atoms with E-state index >= 15 is 0 Å². The minimum Gasteiger partial charge on any atom is -0.489 e. The molecule has 0 unspecified atom stereocenters. The summed E-state index contributed by atoms with van der Waals surface area (Å²) in [6.07, 6.45) is 1.63. The molecule has 0 saturated carbocycles. The van der Waals surface area contributed by atoms with Crippen LogP contribution in [0.4, 0.5) is 14.9 Å². The molecule has 0 bridgehead atoms. The van der Waals surface area contributed by atoms with Gasteiger partial charge in [0.15, 0.2) is 0 Å². The lowest BCUT2D eigenvalue weighted by Crippen LogP contribution is -2.27. The van der Waals surface area contributed by atoms with Gasteiger partial charge in [-0.05, 0) is 58.8 Å². The van der Waals surface area contributed by atoms with Gasteiger partial charge in [-0.25, -0.2) is 4.39 Å². The van der Waals surface area contributed by atoms with E-state index in [1.807, 2.05) is 0 Å². The number of amides is 2. The third-order valence-electron chi connectivity index (χ3n) is 4.86.